The first-order valence-electron chi connectivity index (χ1n) is 5.60. The molecule has 2 aromatic rings. The summed E-state index contributed by atoms with van der Waals surface area (Å²) >= 11 is 0. The van der Waals surface area contributed by atoms with E-state index in [1.807, 2.05) is 24.3 Å². The van der Waals surface area contributed by atoms with E-state index >= 15 is 0 Å². The van der Waals surface area contributed by atoms with Crippen molar-refractivity contribution >= 4 is 22.7 Å². The number of nitrogens with two attached hydrogens (primary N) is 1. The van der Waals surface area contributed by atoms with Gasteiger partial charge >= 0.3 is 0 Å². The quantitative estimate of drug-likeness (QED) is 0.734. The van der Waals surface area contributed by atoms with Crippen LogP contribution in [0, 0.1) is 0 Å². The van der Waals surface area contributed by atoms with E-state index in [0.717, 1.165) is 10.9 Å². The molecular formula is C12H14N4O2. The second-order valence-electron chi connectivity index (χ2n) is 4.16. The predicted octanol–water partition coefficient (Wildman–Crippen LogP) is 0.557. The third-order valence-corrected chi connectivity index (χ3v) is 2.57. The van der Waals surface area contributed by atoms with Crippen molar-refractivity contribution in [2.45, 2.75) is 19.4 Å². The fourth-order valence-electron chi connectivity index (χ4n) is 1.78. The number of fused-ring (bicyclic) bond motifs is 1. The Morgan fingerprint density at radius 3 is 2.89 bits per heavy atom. The van der Waals surface area contributed by atoms with Crippen molar-refractivity contribution in [3.05, 3.63) is 30.0 Å². The number of hydrogen-bond donors (Lipinski definition) is 3. The van der Waals surface area contributed by atoms with Crippen LogP contribution in [0.15, 0.2) is 24.3 Å². The van der Waals surface area contributed by atoms with E-state index in [0.29, 0.717) is 5.69 Å². The minimum absolute atomic E-state index is 0.105. The van der Waals surface area contributed by atoms with Crippen molar-refractivity contribution in [2.24, 2.45) is 5.73 Å². The van der Waals surface area contributed by atoms with Crippen LogP contribution in [0.25, 0.3) is 10.9 Å². The molecule has 6 heteroatoms. The Labute approximate surface area is 104 Å². The summed E-state index contributed by atoms with van der Waals surface area (Å²) in [6, 6.07) is 7.03. The van der Waals surface area contributed by atoms with E-state index in [4.69, 9.17) is 5.73 Å². The molecule has 0 bridgehead atoms. The highest BCUT2D eigenvalue weighted by Crippen LogP contribution is 2.14. The maximum Gasteiger partial charge on any atom is 0.272 e. The lowest BCUT2D eigenvalue weighted by molar-refractivity contribution is -0.118. The number of benzene rings is 1. The van der Waals surface area contributed by atoms with Crippen molar-refractivity contribution < 1.29 is 9.59 Å². The third-order valence-electron chi connectivity index (χ3n) is 2.57. The highest BCUT2D eigenvalue weighted by atomic mass is 16.2. The molecule has 0 saturated carbocycles. The first-order chi connectivity index (χ1) is 8.58. The Morgan fingerprint density at radius 1 is 1.44 bits per heavy atom. The van der Waals surface area contributed by atoms with Gasteiger partial charge in [-0.25, -0.2) is 0 Å². The number of para-hydroxylation sites is 1. The van der Waals surface area contributed by atoms with Crippen molar-refractivity contribution in [2.75, 3.05) is 0 Å². The Morgan fingerprint density at radius 2 is 2.17 bits per heavy atom. The average Bonchev–Trinajstić information content (AvgIpc) is 2.71. The van der Waals surface area contributed by atoms with Gasteiger partial charge in [0.2, 0.25) is 5.91 Å². The maximum atomic E-state index is 12.0. The smallest absolute Gasteiger partial charge is 0.272 e. The summed E-state index contributed by atoms with van der Waals surface area (Å²) in [5.74, 6) is -0.768. The molecule has 0 radical (unpaired) electrons. The number of hydrogen-bond acceptors (Lipinski definition) is 3. The Kier molecular flexibility index (Phi) is 3.27. The number of nitrogens with zero attached hydrogens (tertiary/aromatic N) is 1. The van der Waals surface area contributed by atoms with Crippen LogP contribution in [0.1, 0.15) is 23.8 Å². The largest absolute Gasteiger partial charge is 0.370 e. The van der Waals surface area contributed by atoms with Crippen LogP contribution in [0.5, 0.6) is 0 Å². The summed E-state index contributed by atoms with van der Waals surface area (Å²) in [6.45, 7) is 1.72. The van der Waals surface area contributed by atoms with Crippen LogP contribution in [-0.2, 0) is 4.79 Å². The van der Waals surface area contributed by atoms with E-state index in [1.54, 1.807) is 6.92 Å². The molecule has 18 heavy (non-hydrogen) atoms. The number of rotatable bonds is 4. The fourth-order valence-corrected chi connectivity index (χ4v) is 1.78. The number of carbonyl (C=O) groups is 2. The molecule has 4 N–H and O–H groups in total. The molecule has 0 saturated heterocycles. The summed E-state index contributed by atoms with van der Waals surface area (Å²) in [6.07, 6.45) is 0.105. The number of amides is 2. The second kappa shape index (κ2) is 4.87. The van der Waals surface area contributed by atoms with Gasteiger partial charge in [-0.15, -0.1) is 0 Å². The summed E-state index contributed by atoms with van der Waals surface area (Å²) in [5, 5.41) is 10.2. The normalized spacial score (nSPS) is 12.3. The van der Waals surface area contributed by atoms with Gasteiger partial charge in [0.25, 0.3) is 5.91 Å². The van der Waals surface area contributed by atoms with Gasteiger partial charge in [-0.1, -0.05) is 18.2 Å². The van der Waals surface area contributed by atoms with Gasteiger partial charge in [-0.05, 0) is 13.0 Å². The first-order valence-corrected chi connectivity index (χ1v) is 5.60. The van der Waals surface area contributed by atoms with Crippen molar-refractivity contribution in [3.63, 3.8) is 0 Å². The summed E-state index contributed by atoms with van der Waals surface area (Å²) < 4.78 is 0. The SMILES string of the molecule is CC(CC(N)=O)NC(=O)c1n[nH]c2ccccc12. The zero-order chi connectivity index (χ0) is 13.1. The molecule has 0 aliphatic rings. The van der Waals surface area contributed by atoms with Crippen LogP contribution >= 0.6 is 0 Å². The Hall–Kier alpha value is -2.37. The van der Waals surface area contributed by atoms with E-state index in [-0.39, 0.29) is 18.4 Å². The number of primary amides is 1. The van der Waals surface area contributed by atoms with Crippen molar-refractivity contribution in [1.29, 1.82) is 0 Å². The number of carbonyl (C=O) groups excluding carboxylic acids is 2. The second-order valence-corrected chi connectivity index (χ2v) is 4.16. The third kappa shape index (κ3) is 2.48. The highest BCUT2D eigenvalue weighted by molar-refractivity contribution is 6.04. The van der Waals surface area contributed by atoms with Crippen molar-refractivity contribution in [1.82, 2.24) is 15.5 Å². The topological polar surface area (TPSA) is 101 Å². The zero-order valence-electron chi connectivity index (χ0n) is 9.93. The van der Waals surface area contributed by atoms with Gasteiger partial charge in [0.05, 0.1) is 5.52 Å². The highest BCUT2D eigenvalue weighted by Gasteiger charge is 2.16. The predicted molar refractivity (Wildman–Crippen MR) is 66.8 cm³/mol. The van der Waals surface area contributed by atoms with E-state index in [1.165, 1.54) is 0 Å². The molecule has 1 heterocycles. The average molecular weight is 246 g/mol. The van der Waals surface area contributed by atoms with Crippen LogP contribution in [0.2, 0.25) is 0 Å². The molecule has 0 aliphatic heterocycles. The molecule has 1 atom stereocenters. The van der Waals surface area contributed by atoms with E-state index < -0.39 is 5.91 Å². The number of nitrogens with one attached hydrogen (secondary N) is 2. The van der Waals surface area contributed by atoms with Gasteiger partial charge in [-0.3, -0.25) is 14.7 Å². The monoisotopic (exact) mass is 246 g/mol. The fraction of sp³-hybridized carbons (Fsp3) is 0.250. The lowest BCUT2D eigenvalue weighted by Crippen LogP contribution is -2.35. The zero-order valence-corrected chi connectivity index (χ0v) is 9.93. The minimum Gasteiger partial charge on any atom is -0.370 e. The summed E-state index contributed by atoms with van der Waals surface area (Å²) in [4.78, 5) is 22.7. The van der Waals surface area contributed by atoms with E-state index in [9.17, 15) is 9.59 Å². The van der Waals surface area contributed by atoms with Crippen LogP contribution in [-0.4, -0.2) is 28.1 Å². The molecule has 0 aliphatic carbocycles. The lowest BCUT2D eigenvalue weighted by Gasteiger charge is -2.10. The summed E-state index contributed by atoms with van der Waals surface area (Å²) in [7, 11) is 0. The van der Waals surface area contributed by atoms with Gasteiger partial charge in [0.1, 0.15) is 0 Å². The van der Waals surface area contributed by atoms with Crippen LogP contribution < -0.4 is 11.1 Å². The molecule has 2 amide bonds. The molecule has 0 fully saturated rings. The van der Waals surface area contributed by atoms with Gasteiger partial charge in [0, 0.05) is 17.8 Å². The number of aromatic nitrogens is 2. The van der Waals surface area contributed by atoms with Gasteiger partial charge < -0.3 is 11.1 Å². The number of H-pyrrole nitrogens is 1. The molecule has 94 valence electrons. The number of aromatic amines is 1. The molecule has 2 rings (SSSR count). The minimum atomic E-state index is -0.449. The Bertz CT molecular complexity index is 591. The first kappa shape index (κ1) is 12.1. The van der Waals surface area contributed by atoms with Crippen LogP contribution in [0.3, 0.4) is 0 Å². The maximum absolute atomic E-state index is 12.0. The molecular weight excluding hydrogens is 232 g/mol. The van der Waals surface area contributed by atoms with E-state index in [2.05, 4.69) is 15.5 Å². The van der Waals surface area contributed by atoms with Crippen molar-refractivity contribution in [3.8, 4) is 0 Å². The molecule has 1 unspecified atom stereocenters. The lowest BCUT2D eigenvalue weighted by atomic mass is 10.2. The molecule has 1 aromatic carbocycles. The standard InChI is InChI=1S/C12H14N4O2/c1-7(6-10(13)17)14-12(18)11-8-4-2-3-5-9(8)15-16-11/h2-5,7H,6H2,1H3,(H2,13,17)(H,14,18)(H,15,16). The Balaban J connectivity index is 2.16. The molecule has 1 aromatic heterocycles. The van der Waals surface area contributed by atoms with Crippen LogP contribution in [0.4, 0.5) is 0 Å². The van der Waals surface area contributed by atoms with Gasteiger partial charge in [-0.2, -0.15) is 5.10 Å². The molecule has 0 spiro atoms. The summed E-state index contributed by atoms with van der Waals surface area (Å²) in [5.41, 5.74) is 6.18. The van der Waals surface area contributed by atoms with Gasteiger partial charge in [0.15, 0.2) is 5.69 Å². The molecule has 6 nitrogen and oxygen atoms in total.